The highest BCUT2D eigenvalue weighted by Gasteiger charge is 2.30. The molecular formula is C17H31N. The van der Waals surface area contributed by atoms with E-state index in [1.807, 2.05) is 13.3 Å². The molecule has 0 spiro atoms. The molecule has 0 aromatic carbocycles. The minimum Gasteiger partial charge on any atom is -0.297 e. The Balaban J connectivity index is 5.38. The van der Waals surface area contributed by atoms with Crippen molar-refractivity contribution in [3.63, 3.8) is 0 Å². The van der Waals surface area contributed by atoms with Gasteiger partial charge in [0.1, 0.15) is 0 Å². The Bertz CT molecular complexity index is 318. The summed E-state index contributed by atoms with van der Waals surface area (Å²) in [5, 5.41) is 0. The lowest BCUT2D eigenvalue weighted by Gasteiger charge is -2.36. The normalized spacial score (nSPS) is 16.8. The lowest BCUT2D eigenvalue weighted by atomic mass is 9.68. The summed E-state index contributed by atoms with van der Waals surface area (Å²) in [6.45, 7) is 16.0. The van der Waals surface area contributed by atoms with Gasteiger partial charge < -0.3 is 0 Å². The zero-order valence-electron chi connectivity index (χ0n) is 13.5. The molecule has 1 unspecified atom stereocenters. The summed E-state index contributed by atoms with van der Waals surface area (Å²) >= 11 is 0. The topological polar surface area (TPSA) is 12.4 Å². The Morgan fingerprint density at radius 2 is 1.67 bits per heavy atom. The highest BCUT2D eigenvalue weighted by Crippen LogP contribution is 2.40. The SMILES string of the molecule is C/C=C\C(=C/C=NC)C(CC(C)(C)C)C(C)(C)C. The Morgan fingerprint density at radius 1 is 1.11 bits per heavy atom. The van der Waals surface area contributed by atoms with E-state index in [0.717, 1.165) is 0 Å². The van der Waals surface area contributed by atoms with Gasteiger partial charge in [0.2, 0.25) is 0 Å². The van der Waals surface area contributed by atoms with Gasteiger partial charge in [0.05, 0.1) is 0 Å². The van der Waals surface area contributed by atoms with Crippen LogP contribution in [0.1, 0.15) is 54.9 Å². The minimum absolute atomic E-state index is 0.264. The standard InChI is InChI=1S/C17H31N/c1-9-10-14(11-12-18-8)15(17(5,6)7)13-16(2,3)4/h9-12,15H,13H2,1-8H3/b10-9-,14-11+,18-12?. The van der Waals surface area contributed by atoms with Crippen LogP contribution in [0.5, 0.6) is 0 Å². The molecule has 0 aliphatic heterocycles. The molecule has 0 radical (unpaired) electrons. The zero-order valence-corrected chi connectivity index (χ0v) is 13.5. The van der Waals surface area contributed by atoms with Gasteiger partial charge in [0.15, 0.2) is 0 Å². The largest absolute Gasteiger partial charge is 0.297 e. The molecule has 0 saturated carbocycles. The number of hydrogen-bond acceptors (Lipinski definition) is 1. The molecule has 0 fully saturated rings. The Hall–Kier alpha value is -0.850. The van der Waals surface area contributed by atoms with Gasteiger partial charge in [-0.2, -0.15) is 0 Å². The third-order valence-corrected chi connectivity index (χ3v) is 3.04. The highest BCUT2D eigenvalue weighted by molar-refractivity contribution is 5.73. The molecule has 0 aliphatic rings. The molecule has 0 aromatic rings. The van der Waals surface area contributed by atoms with Gasteiger partial charge in [0, 0.05) is 13.3 Å². The summed E-state index contributed by atoms with van der Waals surface area (Å²) in [6.07, 6.45) is 9.59. The van der Waals surface area contributed by atoms with Crippen molar-refractivity contribution < 1.29 is 0 Å². The number of aliphatic imine (C=N–C) groups is 1. The number of allylic oxidation sites excluding steroid dienone is 4. The fourth-order valence-corrected chi connectivity index (χ4v) is 2.18. The fourth-order valence-electron chi connectivity index (χ4n) is 2.18. The molecule has 0 saturated heterocycles. The summed E-state index contributed by atoms with van der Waals surface area (Å²) in [4.78, 5) is 4.08. The van der Waals surface area contributed by atoms with E-state index in [0.29, 0.717) is 11.3 Å². The molecular weight excluding hydrogens is 218 g/mol. The van der Waals surface area contributed by atoms with Crippen molar-refractivity contribution in [2.45, 2.75) is 54.9 Å². The maximum atomic E-state index is 4.08. The quantitative estimate of drug-likeness (QED) is 0.474. The average molecular weight is 249 g/mol. The van der Waals surface area contributed by atoms with Crippen molar-refractivity contribution in [2.24, 2.45) is 21.7 Å². The smallest absolute Gasteiger partial charge is 0.0277 e. The lowest BCUT2D eigenvalue weighted by molar-refractivity contribution is 0.199. The van der Waals surface area contributed by atoms with Crippen LogP contribution in [0, 0.1) is 16.7 Å². The predicted molar refractivity (Wildman–Crippen MR) is 84.3 cm³/mol. The molecule has 0 heterocycles. The molecule has 0 rings (SSSR count). The fraction of sp³-hybridized carbons (Fsp3) is 0.706. The van der Waals surface area contributed by atoms with E-state index in [4.69, 9.17) is 0 Å². The Kier molecular flexibility index (Phi) is 6.59. The van der Waals surface area contributed by atoms with Gasteiger partial charge in [-0.25, -0.2) is 0 Å². The van der Waals surface area contributed by atoms with Crippen molar-refractivity contribution in [1.82, 2.24) is 0 Å². The maximum Gasteiger partial charge on any atom is 0.0277 e. The maximum absolute atomic E-state index is 4.08. The van der Waals surface area contributed by atoms with Crippen molar-refractivity contribution in [2.75, 3.05) is 7.05 Å². The van der Waals surface area contributed by atoms with Gasteiger partial charge in [0.25, 0.3) is 0 Å². The van der Waals surface area contributed by atoms with Crippen molar-refractivity contribution in [1.29, 1.82) is 0 Å². The summed E-state index contributed by atoms with van der Waals surface area (Å²) in [6, 6.07) is 0. The van der Waals surface area contributed by atoms with Crippen LogP contribution >= 0.6 is 0 Å². The third kappa shape index (κ3) is 6.78. The van der Waals surface area contributed by atoms with E-state index in [1.165, 1.54) is 12.0 Å². The minimum atomic E-state index is 0.264. The van der Waals surface area contributed by atoms with E-state index < -0.39 is 0 Å². The summed E-state index contributed by atoms with van der Waals surface area (Å²) < 4.78 is 0. The molecule has 1 nitrogen and oxygen atoms in total. The zero-order chi connectivity index (χ0) is 14.4. The molecule has 0 bridgehead atoms. The van der Waals surface area contributed by atoms with Crippen LogP contribution in [0.3, 0.4) is 0 Å². The molecule has 104 valence electrons. The number of nitrogens with zero attached hydrogens (tertiary/aromatic N) is 1. The van der Waals surface area contributed by atoms with Gasteiger partial charge in [-0.3, -0.25) is 4.99 Å². The Labute approximate surface area is 114 Å². The van der Waals surface area contributed by atoms with E-state index in [-0.39, 0.29) is 5.41 Å². The van der Waals surface area contributed by atoms with Crippen LogP contribution in [0.2, 0.25) is 0 Å². The number of rotatable bonds is 4. The summed E-state index contributed by atoms with van der Waals surface area (Å²) in [5.74, 6) is 0.548. The van der Waals surface area contributed by atoms with Gasteiger partial charge in [-0.15, -0.1) is 0 Å². The molecule has 0 N–H and O–H groups in total. The van der Waals surface area contributed by atoms with Crippen LogP contribution in [-0.2, 0) is 0 Å². The molecule has 1 atom stereocenters. The first-order chi connectivity index (χ1) is 8.11. The third-order valence-electron chi connectivity index (χ3n) is 3.04. The first-order valence-corrected chi connectivity index (χ1v) is 6.87. The van der Waals surface area contributed by atoms with Crippen molar-refractivity contribution in [3.05, 3.63) is 23.8 Å². The van der Waals surface area contributed by atoms with E-state index in [1.54, 1.807) is 0 Å². The lowest BCUT2D eigenvalue weighted by Crippen LogP contribution is -2.27. The van der Waals surface area contributed by atoms with Gasteiger partial charge >= 0.3 is 0 Å². The van der Waals surface area contributed by atoms with Gasteiger partial charge in [-0.05, 0) is 41.7 Å². The second-order valence-corrected chi connectivity index (χ2v) is 7.26. The first kappa shape index (κ1) is 17.2. The molecule has 0 aliphatic carbocycles. The second-order valence-electron chi connectivity index (χ2n) is 7.26. The van der Waals surface area contributed by atoms with E-state index in [2.05, 4.69) is 71.7 Å². The monoisotopic (exact) mass is 249 g/mol. The van der Waals surface area contributed by atoms with Crippen LogP contribution < -0.4 is 0 Å². The summed E-state index contributed by atoms with van der Waals surface area (Å²) in [5.41, 5.74) is 1.98. The van der Waals surface area contributed by atoms with E-state index in [9.17, 15) is 0 Å². The first-order valence-electron chi connectivity index (χ1n) is 6.87. The summed E-state index contributed by atoms with van der Waals surface area (Å²) in [7, 11) is 1.82. The predicted octanol–water partition coefficient (Wildman–Crippen LogP) is 5.29. The van der Waals surface area contributed by atoms with Crippen molar-refractivity contribution >= 4 is 6.21 Å². The Morgan fingerprint density at radius 3 is 2.00 bits per heavy atom. The van der Waals surface area contributed by atoms with E-state index >= 15 is 0 Å². The molecule has 1 heteroatoms. The van der Waals surface area contributed by atoms with Crippen LogP contribution in [0.25, 0.3) is 0 Å². The molecule has 18 heavy (non-hydrogen) atoms. The number of hydrogen-bond donors (Lipinski definition) is 0. The van der Waals surface area contributed by atoms with Crippen LogP contribution in [0.15, 0.2) is 28.8 Å². The van der Waals surface area contributed by atoms with Crippen molar-refractivity contribution in [3.8, 4) is 0 Å². The molecule has 0 amide bonds. The van der Waals surface area contributed by atoms with Crippen LogP contribution in [-0.4, -0.2) is 13.3 Å². The van der Waals surface area contributed by atoms with Gasteiger partial charge in [-0.1, -0.05) is 53.7 Å². The molecule has 0 aromatic heterocycles. The van der Waals surface area contributed by atoms with Crippen LogP contribution in [0.4, 0.5) is 0 Å². The average Bonchev–Trinajstić information content (AvgIpc) is 2.18. The second kappa shape index (κ2) is 6.92. The highest BCUT2D eigenvalue weighted by atomic mass is 14.6.